The van der Waals surface area contributed by atoms with Gasteiger partial charge in [0.25, 0.3) is 5.91 Å². The number of hydrogen-bond acceptors (Lipinski definition) is 3. The van der Waals surface area contributed by atoms with E-state index in [4.69, 9.17) is 4.42 Å². The van der Waals surface area contributed by atoms with Crippen LogP contribution >= 0.6 is 0 Å². The summed E-state index contributed by atoms with van der Waals surface area (Å²) in [4.78, 5) is 14.2. The van der Waals surface area contributed by atoms with Gasteiger partial charge in [0.15, 0.2) is 0 Å². The molecule has 0 aromatic carbocycles. The number of β-amino-alcohol motifs (C(OH)–C–C–N with tert-alkyl or cyclic N) is 1. The minimum atomic E-state index is -0.769. The Morgan fingerprint density at radius 2 is 2.00 bits per heavy atom. The zero-order valence-electron chi connectivity index (χ0n) is 11.5. The van der Waals surface area contributed by atoms with Crippen LogP contribution in [0.25, 0.3) is 0 Å². The molecular weight excluding hydrogens is 230 g/mol. The number of hydrogen-bond donors (Lipinski definition) is 1. The van der Waals surface area contributed by atoms with Gasteiger partial charge in [0.2, 0.25) is 0 Å². The SMILES string of the molecule is Cc1oc(C)c(C(=O)N2CCCC(C)(O)C2)c1C. The molecule has 0 aliphatic carbocycles. The van der Waals surface area contributed by atoms with Crippen molar-refractivity contribution in [3.63, 3.8) is 0 Å². The van der Waals surface area contributed by atoms with Crippen LogP contribution in [0, 0.1) is 20.8 Å². The quantitative estimate of drug-likeness (QED) is 0.832. The molecule has 1 aliphatic heterocycles. The predicted molar refractivity (Wildman–Crippen MR) is 68.7 cm³/mol. The van der Waals surface area contributed by atoms with Crippen LogP contribution in [0.5, 0.6) is 0 Å². The molecule has 1 saturated heterocycles. The van der Waals surface area contributed by atoms with E-state index in [-0.39, 0.29) is 5.91 Å². The largest absolute Gasteiger partial charge is 0.466 e. The fourth-order valence-corrected chi connectivity index (χ4v) is 2.66. The molecule has 1 aromatic rings. The van der Waals surface area contributed by atoms with Gasteiger partial charge < -0.3 is 14.4 Å². The Balaban J connectivity index is 2.26. The first-order valence-corrected chi connectivity index (χ1v) is 6.40. The molecule has 1 fully saturated rings. The lowest BCUT2D eigenvalue weighted by Gasteiger charge is -2.36. The molecule has 0 bridgehead atoms. The third kappa shape index (κ3) is 2.29. The van der Waals surface area contributed by atoms with Gasteiger partial charge in [-0.3, -0.25) is 4.79 Å². The Morgan fingerprint density at radius 1 is 1.33 bits per heavy atom. The summed E-state index contributed by atoms with van der Waals surface area (Å²) in [6.45, 7) is 8.47. The lowest BCUT2D eigenvalue weighted by atomic mass is 9.94. The van der Waals surface area contributed by atoms with Crippen LogP contribution in [-0.2, 0) is 0 Å². The molecule has 4 nitrogen and oxygen atoms in total. The van der Waals surface area contributed by atoms with Crippen molar-refractivity contribution >= 4 is 5.91 Å². The van der Waals surface area contributed by atoms with Crippen LogP contribution in [0.2, 0.25) is 0 Å². The number of aryl methyl sites for hydroxylation is 2. The number of furan rings is 1. The monoisotopic (exact) mass is 251 g/mol. The second-order valence-corrected chi connectivity index (χ2v) is 5.54. The number of amides is 1. The van der Waals surface area contributed by atoms with Gasteiger partial charge >= 0.3 is 0 Å². The summed E-state index contributed by atoms with van der Waals surface area (Å²) >= 11 is 0. The molecule has 1 aromatic heterocycles. The highest BCUT2D eigenvalue weighted by atomic mass is 16.3. The number of likely N-dealkylation sites (tertiary alicyclic amines) is 1. The van der Waals surface area contributed by atoms with Gasteiger partial charge in [0.05, 0.1) is 11.2 Å². The number of piperidine rings is 1. The van der Waals surface area contributed by atoms with Gasteiger partial charge in [-0.2, -0.15) is 0 Å². The van der Waals surface area contributed by atoms with E-state index >= 15 is 0 Å². The summed E-state index contributed by atoms with van der Waals surface area (Å²) in [5, 5.41) is 10.1. The van der Waals surface area contributed by atoms with E-state index in [9.17, 15) is 9.90 Å². The lowest BCUT2D eigenvalue weighted by Crippen LogP contribution is -2.48. The third-order valence-corrected chi connectivity index (χ3v) is 3.74. The molecule has 1 N–H and O–H groups in total. The maximum absolute atomic E-state index is 12.5. The molecule has 0 radical (unpaired) electrons. The van der Waals surface area contributed by atoms with Crippen molar-refractivity contribution < 1.29 is 14.3 Å². The fraction of sp³-hybridized carbons (Fsp3) is 0.643. The zero-order chi connectivity index (χ0) is 13.5. The average Bonchev–Trinajstić information content (AvgIpc) is 2.51. The normalized spacial score (nSPS) is 24.4. The Kier molecular flexibility index (Phi) is 3.23. The van der Waals surface area contributed by atoms with Crippen molar-refractivity contribution in [2.24, 2.45) is 0 Å². The predicted octanol–water partition coefficient (Wildman–Crippen LogP) is 2.19. The van der Waals surface area contributed by atoms with Crippen molar-refractivity contribution in [1.29, 1.82) is 0 Å². The lowest BCUT2D eigenvalue weighted by molar-refractivity contribution is -0.0108. The first-order chi connectivity index (χ1) is 8.32. The van der Waals surface area contributed by atoms with Crippen molar-refractivity contribution in [2.75, 3.05) is 13.1 Å². The molecule has 100 valence electrons. The Hall–Kier alpha value is -1.29. The van der Waals surface area contributed by atoms with Crippen LogP contribution in [0.15, 0.2) is 4.42 Å². The average molecular weight is 251 g/mol. The van der Waals surface area contributed by atoms with E-state index in [1.807, 2.05) is 20.8 Å². The van der Waals surface area contributed by atoms with Gasteiger partial charge in [-0.1, -0.05) is 0 Å². The third-order valence-electron chi connectivity index (χ3n) is 3.74. The first kappa shape index (κ1) is 13.1. The fourth-order valence-electron chi connectivity index (χ4n) is 2.66. The van der Waals surface area contributed by atoms with E-state index in [2.05, 4.69) is 0 Å². The molecule has 1 unspecified atom stereocenters. The summed E-state index contributed by atoms with van der Waals surface area (Å²) in [6.07, 6.45) is 1.59. The Bertz CT molecular complexity index is 474. The highest BCUT2D eigenvalue weighted by molar-refractivity contribution is 5.97. The van der Waals surface area contributed by atoms with Gasteiger partial charge in [-0.25, -0.2) is 0 Å². The number of nitrogens with zero attached hydrogens (tertiary/aromatic N) is 1. The standard InChI is InChI=1S/C14H21NO3/c1-9-10(2)18-11(3)12(9)13(16)15-7-5-6-14(4,17)8-15/h17H,5-8H2,1-4H3. The van der Waals surface area contributed by atoms with E-state index in [0.717, 1.165) is 24.2 Å². The maximum atomic E-state index is 12.5. The Morgan fingerprint density at radius 3 is 2.50 bits per heavy atom. The highest BCUT2D eigenvalue weighted by Gasteiger charge is 2.33. The minimum absolute atomic E-state index is 0.0261. The minimum Gasteiger partial charge on any atom is -0.466 e. The van der Waals surface area contributed by atoms with Gasteiger partial charge in [0.1, 0.15) is 11.5 Å². The van der Waals surface area contributed by atoms with Crippen molar-refractivity contribution in [2.45, 2.75) is 46.1 Å². The molecule has 1 amide bonds. The van der Waals surface area contributed by atoms with Gasteiger partial charge in [-0.05, 0) is 40.5 Å². The van der Waals surface area contributed by atoms with Gasteiger partial charge in [-0.15, -0.1) is 0 Å². The highest BCUT2D eigenvalue weighted by Crippen LogP contribution is 2.26. The first-order valence-electron chi connectivity index (χ1n) is 6.40. The summed E-state index contributed by atoms with van der Waals surface area (Å²) in [5.74, 6) is 1.43. The molecule has 2 heterocycles. The second-order valence-electron chi connectivity index (χ2n) is 5.54. The topological polar surface area (TPSA) is 53.7 Å². The van der Waals surface area contributed by atoms with Crippen LogP contribution in [0.4, 0.5) is 0 Å². The van der Waals surface area contributed by atoms with Gasteiger partial charge in [0, 0.05) is 18.7 Å². The van der Waals surface area contributed by atoms with Crippen LogP contribution < -0.4 is 0 Å². The number of carbonyl (C=O) groups excluding carboxylic acids is 1. The summed E-state index contributed by atoms with van der Waals surface area (Å²) < 4.78 is 5.50. The van der Waals surface area contributed by atoms with E-state index in [1.54, 1.807) is 11.8 Å². The van der Waals surface area contributed by atoms with Crippen molar-refractivity contribution in [3.8, 4) is 0 Å². The number of carbonyl (C=O) groups is 1. The molecule has 1 aliphatic rings. The summed E-state index contributed by atoms with van der Waals surface area (Å²) in [7, 11) is 0. The van der Waals surface area contributed by atoms with Crippen LogP contribution in [0.3, 0.4) is 0 Å². The maximum Gasteiger partial charge on any atom is 0.257 e. The smallest absolute Gasteiger partial charge is 0.257 e. The second kappa shape index (κ2) is 4.43. The van der Waals surface area contributed by atoms with E-state index < -0.39 is 5.60 Å². The number of aliphatic hydroxyl groups is 1. The molecule has 18 heavy (non-hydrogen) atoms. The Labute approximate surface area is 108 Å². The van der Waals surface area contributed by atoms with E-state index in [1.165, 1.54) is 0 Å². The van der Waals surface area contributed by atoms with Crippen LogP contribution in [0.1, 0.15) is 47.2 Å². The molecule has 0 saturated carbocycles. The number of rotatable bonds is 1. The van der Waals surface area contributed by atoms with Crippen molar-refractivity contribution in [1.82, 2.24) is 4.90 Å². The molecule has 0 spiro atoms. The molecule has 1 atom stereocenters. The molecular formula is C14H21NO3. The zero-order valence-corrected chi connectivity index (χ0v) is 11.5. The summed E-state index contributed by atoms with van der Waals surface area (Å²) in [5.41, 5.74) is 0.794. The summed E-state index contributed by atoms with van der Waals surface area (Å²) in [6, 6.07) is 0. The van der Waals surface area contributed by atoms with Crippen molar-refractivity contribution in [3.05, 3.63) is 22.6 Å². The molecule has 2 rings (SSSR count). The molecule has 4 heteroatoms. The van der Waals surface area contributed by atoms with E-state index in [0.29, 0.717) is 24.4 Å². The van der Waals surface area contributed by atoms with Crippen LogP contribution in [-0.4, -0.2) is 34.6 Å².